The van der Waals surface area contributed by atoms with Crippen molar-refractivity contribution in [3.05, 3.63) is 137 Å². The summed E-state index contributed by atoms with van der Waals surface area (Å²) in [4.78, 5) is 9.51. The first kappa shape index (κ1) is 24.5. The van der Waals surface area contributed by atoms with Gasteiger partial charge in [0.05, 0.1) is 17.4 Å². The summed E-state index contributed by atoms with van der Waals surface area (Å²) < 4.78 is 0. The van der Waals surface area contributed by atoms with Crippen molar-refractivity contribution in [2.24, 2.45) is 4.99 Å². The third kappa shape index (κ3) is 4.77. The van der Waals surface area contributed by atoms with Crippen molar-refractivity contribution in [3.63, 3.8) is 0 Å². The molecule has 3 heteroatoms. The van der Waals surface area contributed by atoms with Gasteiger partial charge >= 0.3 is 0 Å². The van der Waals surface area contributed by atoms with Crippen LogP contribution in [0.1, 0.15) is 55.6 Å². The van der Waals surface area contributed by atoms with E-state index < -0.39 is 5.41 Å². The molecule has 0 saturated carbocycles. The highest BCUT2D eigenvalue weighted by molar-refractivity contribution is 5.86. The summed E-state index contributed by atoms with van der Waals surface area (Å²) in [5.41, 5.74) is 5.75. The molecule has 1 aromatic heterocycles. The van der Waals surface area contributed by atoms with Crippen molar-refractivity contribution in [2.45, 2.75) is 38.5 Å². The molecule has 0 saturated heterocycles. The number of benzene rings is 4. The average Bonchev–Trinajstić information content (AvgIpc) is 2.93. The van der Waals surface area contributed by atoms with E-state index in [1.165, 1.54) is 5.56 Å². The second kappa shape index (κ2) is 9.67. The van der Waals surface area contributed by atoms with Crippen LogP contribution in [-0.4, -0.2) is 16.3 Å². The standard InChI is InChI=1S/C34H32N2O/c1-33(2,25-14-7-5-8-15-25)27-21-29(34(3,4)26-16-9-6-10-17-26)32(37)31(22-27)35-23-28-20-19-24-13-11-12-18-30(24)36-28/h5-23,37H,1-4H3. The number of pyridine rings is 1. The molecular weight excluding hydrogens is 452 g/mol. The van der Waals surface area contributed by atoms with Gasteiger partial charge in [-0.25, -0.2) is 4.98 Å². The SMILES string of the molecule is CC(C)(c1ccccc1)c1cc(N=Cc2ccc3ccccc3n2)c(O)c(C(C)(C)c2ccccc2)c1. The fraction of sp³-hybridized carbons (Fsp3) is 0.176. The van der Waals surface area contributed by atoms with E-state index in [0.717, 1.165) is 33.3 Å². The Bertz CT molecular complexity index is 1570. The van der Waals surface area contributed by atoms with E-state index in [-0.39, 0.29) is 11.2 Å². The van der Waals surface area contributed by atoms with Crippen LogP contribution >= 0.6 is 0 Å². The van der Waals surface area contributed by atoms with Crippen LogP contribution in [0.4, 0.5) is 5.69 Å². The van der Waals surface area contributed by atoms with Crippen LogP contribution in [-0.2, 0) is 10.8 Å². The number of aromatic nitrogens is 1. The molecule has 0 aliphatic heterocycles. The zero-order chi connectivity index (χ0) is 26.0. The monoisotopic (exact) mass is 484 g/mol. The predicted molar refractivity (Wildman–Crippen MR) is 154 cm³/mol. The van der Waals surface area contributed by atoms with Crippen molar-refractivity contribution in [2.75, 3.05) is 0 Å². The summed E-state index contributed by atoms with van der Waals surface area (Å²) in [5.74, 6) is 0.193. The number of rotatable bonds is 6. The first-order chi connectivity index (χ1) is 17.8. The Kier molecular flexibility index (Phi) is 6.39. The lowest BCUT2D eigenvalue weighted by Gasteiger charge is -2.32. The molecule has 0 bridgehead atoms. The van der Waals surface area contributed by atoms with Gasteiger partial charge in [-0.2, -0.15) is 0 Å². The Balaban J connectivity index is 1.66. The van der Waals surface area contributed by atoms with Gasteiger partial charge in [-0.3, -0.25) is 4.99 Å². The second-order valence-electron chi connectivity index (χ2n) is 10.6. The number of para-hydroxylation sites is 1. The van der Waals surface area contributed by atoms with E-state index in [0.29, 0.717) is 5.69 Å². The molecule has 1 N–H and O–H groups in total. The number of fused-ring (bicyclic) bond motifs is 1. The number of phenolic OH excluding ortho intramolecular Hbond substituents is 1. The lowest BCUT2D eigenvalue weighted by atomic mass is 9.72. The van der Waals surface area contributed by atoms with Crippen molar-refractivity contribution >= 4 is 22.8 Å². The molecular formula is C34H32N2O. The van der Waals surface area contributed by atoms with Crippen LogP contribution in [0.3, 0.4) is 0 Å². The van der Waals surface area contributed by atoms with Gasteiger partial charge in [0.25, 0.3) is 0 Å². The smallest absolute Gasteiger partial charge is 0.145 e. The Morgan fingerprint density at radius 2 is 1.24 bits per heavy atom. The first-order valence-electron chi connectivity index (χ1n) is 12.7. The van der Waals surface area contributed by atoms with Crippen LogP contribution in [0.15, 0.2) is 114 Å². The Morgan fingerprint density at radius 3 is 1.92 bits per heavy atom. The molecule has 0 radical (unpaired) electrons. The maximum absolute atomic E-state index is 11.6. The fourth-order valence-electron chi connectivity index (χ4n) is 4.88. The number of hydrogen-bond acceptors (Lipinski definition) is 3. The lowest BCUT2D eigenvalue weighted by Crippen LogP contribution is -2.23. The molecule has 5 rings (SSSR count). The molecule has 5 aromatic rings. The summed E-state index contributed by atoms with van der Waals surface area (Å²) in [6.45, 7) is 8.73. The molecule has 184 valence electrons. The topological polar surface area (TPSA) is 45.5 Å². The van der Waals surface area contributed by atoms with E-state index >= 15 is 0 Å². The van der Waals surface area contributed by atoms with Gasteiger partial charge < -0.3 is 5.11 Å². The average molecular weight is 485 g/mol. The van der Waals surface area contributed by atoms with Gasteiger partial charge in [0.2, 0.25) is 0 Å². The highest BCUT2D eigenvalue weighted by Crippen LogP contribution is 2.45. The van der Waals surface area contributed by atoms with Crippen molar-refractivity contribution in [1.82, 2.24) is 4.98 Å². The van der Waals surface area contributed by atoms with E-state index in [4.69, 9.17) is 9.98 Å². The molecule has 0 atom stereocenters. The van der Waals surface area contributed by atoms with Crippen LogP contribution in [0.2, 0.25) is 0 Å². The summed E-state index contributed by atoms with van der Waals surface area (Å²) in [6.07, 6.45) is 1.74. The zero-order valence-corrected chi connectivity index (χ0v) is 21.8. The van der Waals surface area contributed by atoms with Gasteiger partial charge in [0, 0.05) is 21.8 Å². The van der Waals surface area contributed by atoms with Gasteiger partial charge in [-0.05, 0) is 34.9 Å². The summed E-state index contributed by atoms with van der Waals surface area (Å²) in [5, 5.41) is 12.6. The Hall–Kier alpha value is -4.24. The third-order valence-corrected chi connectivity index (χ3v) is 7.43. The maximum atomic E-state index is 11.6. The zero-order valence-electron chi connectivity index (χ0n) is 21.8. The number of nitrogens with zero attached hydrogens (tertiary/aromatic N) is 2. The molecule has 0 fully saturated rings. The van der Waals surface area contributed by atoms with Crippen LogP contribution in [0, 0.1) is 0 Å². The summed E-state index contributed by atoms with van der Waals surface area (Å²) >= 11 is 0. The maximum Gasteiger partial charge on any atom is 0.145 e. The number of hydrogen-bond donors (Lipinski definition) is 1. The minimum atomic E-state index is -0.431. The molecule has 0 unspecified atom stereocenters. The molecule has 1 heterocycles. The van der Waals surface area contributed by atoms with Crippen molar-refractivity contribution in [3.8, 4) is 5.75 Å². The number of aromatic hydroxyl groups is 1. The first-order valence-corrected chi connectivity index (χ1v) is 12.7. The fourth-order valence-corrected chi connectivity index (χ4v) is 4.88. The molecule has 0 aliphatic carbocycles. The Morgan fingerprint density at radius 1 is 0.649 bits per heavy atom. The molecule has 37 heavy (non-hydrogen) atoms. The molecule has 0 amide bonds. The normalized spacial score (nSPS) is 12.3. The quantitative estimate of drug-likeness (QED) is 0.246. The van der Waals surface area contributed by atoms with Crippen molar-refractivity contribution < 1.29 is 5.11 Å². The number of phenols is 1. The summed E-state index contributed by atoms with van der Waals surface area (Å²) in [6, 6.07) is 36.9. The van der Waals surface area contributed by atoms with Gasteiger partial charge in [0.15, 0.2) is 0 Å². The second-order valence-corrected chi connectivity index (χ2v) is 10.6. The van der Waals surface area contributed by atoms with E-state index in [1.54, 1.807) is 6.21 Å². The predicted octanol–water partition coefficient (Wildman–Crippen LogP) is 8.34. The minimum Gasteiger partial charge on any atom is -0.505 e. The number of aliphatic imine (C=N–C) groups is 1. The van der Waals surface area contributed by atoms with Crippen LogP contribution in [0.25, 0.3) is 10.9 Å². The van der Waals surface area contributed by atoms with E-state index in [1.807, 2.05) is 66.7 Å². The van der Waals surface area contributed by atoms with E-state index in [2.05, 4.69) is 70.2 Å². The molecule has 0 aliphatic rings. The molecule has 0 spiro atoms. The van der Waals surface area contributed by atoms with Gasteiger partial charge in [-0.1, -0.05) is 119 Å². The molecule has 3 nitrogen and oxygen atoms in total. The van der Waals surface area contributed by atoms with Crippen molar-refractivity contribution in [1.29, 1.82) is 0 Å². The van der Waals surface area contributed by atoms with Gasteiger partial charge in [-0.15, -0.1) is 0 Å². The Labute approximate surface area is 219 Å². The summed E-state index contributed by atoms with van der Waals surface area (Å²) in [7, 11) is 0. The molecule has 4 aromatic carbocycles. The van der Waals surface area contributed by atoms with Gasteiger partial charge in [0.1, 0.15) is 11.4 Å². The highest BCUT2D eigenvalue weighted by Gasteiger charge is 2.31. The lowest BCUT2D eigenvalue weighted by molar-refractivity contribution is 0.453. The highest BCUT2D eigenvalue weighted by atomic mass is 16.3. The van der Waals surface area contributed by atoms with E-state index in [9.17, 15) is 5.11 Å². The minimum absolute atomic E-state index is 0.193. The van der Waals surface area contributed by atoms with Crippen LogP contribution < -0.4 is 0 Å². The largest absolute Gasteiger partial charge is 0.505 e. The third-order valence-electron chi connectivity index (χ3n) is 7.43. The van der Waals surface area contributed by atoms with Crippen LogP contribution in [0.5, 0.6) is 5.75 Å².